The lowest BCUT2D eigenvalue weighted by atomic mass is 10.1. The molecule has 1 aromatic rings. The van der Waals surface area contributed by atoms with Crippen LogP contribution in [0.3, 0.4) is 0 Å². The van der Waals surface area contributed by atoms with Gasteiger partial charge in [0.15, 0.2) is 4.17 Å². The lowest BCUT2D eigenvalue weighted by Gasteiger charge is -2.30. The van der Waals surface area contributed by atoms with E-state index >= 15 is 0 Å². The van der Waals surface area contributed by atoms with Crippen LogP contribution in [-0.2, 0) is 0 Å². The number of halogens is 1. The molecule has 1 N–H and O–H groups in total. The van der Waals surface area contributed by atoms with Crippen molar-refractivity contribution in [2.45, 2.75) is 16.6 Å². The lowest BCUT2D eigenvalue weighted by Crippen LogP contribution is -2.38. The largest absolute Gasteiger partial charge is 0.355 e. The Bertz CT molecular complexity index is 571. The number of nitrogens with one attached hydrogen (secondary N) is 1. The van der Waals surface area contributed by atoms with E-state index in [4.69, 9.17) is 5.26 Å². The van der Waals surface area contributed by atoms with Crippen molar-refractivity contribution < 1.29 is 0 Å². The fraction of sp³-hybridized carbons (Fsp3) is 0.214. The molecule has 0 saturated heterocycles. The number of nitriles is 1. The van der Waals surface area contributed by atoms with Gasteiger partial charge in [0.25, 0.3) is 0 Å². The van der Waals surface area contributed by atoms with Gasteiger partial charge in [0.2, 0.25) is 0 Å². The highest BCUT2D eigenvalue weighted by atomic mass is 127. The van der Waals surface area contributed by atoms with Crippen molar-refractivity contribution in [1.82, 2.24) is 0 Å². The van der Waals surface area contributed by atoms with Gasteiger partial charge in [-0.1, -0.05) is 24.3 Å². The van der Waals surface area contributed by atoms with E-state index in [9.17, 15) is 0 Å². The first-order valence-corrected chi connectivity index (χ1v) is 7.10. The molecule has 0 aromatic heterocycles. The molecule has 0 bridgehead atoms. The molecule has 4 heteroatoms. The second kappa shape index (κ2) is 4.65. The van der Waals surface area contributed by atoms with E-state index in [1.807, 2.05) is 18.2 Å². The second-order valence-electron chi connectivity index (χ2n) is 4.35. The fourth-order valence-electron chi connectivity index (χ4n) is 2.39. The quantitative estimate of drug-likeness (QED) is 0.480. The average Bonchev–Trinajstić information content (AvgIpc) is 2.74. The molecule has 0 spiro atoms. The normalized spacial score (nSPS) is 24.6. The van der Waals surface area contributed by atoms with Gasteiger partial charge < -0.3 is 10.2 Å². The Hall–Kier alpha value is -1.48. The molecule has 2 aliphatic rings. The van der Waals surface area contributed by atoms with Crippen molar-refractivity contribution in [2.24, 2.45) is 0 Å². The zero-order valence-corrected chi connectivity index (χ0v) is 11.8. The smallest absolute Gasteiger partial charge is 0.153 e. The number of alkyl halides is 1. The number of benzene rings is 1. The monoisotopic (exact) mass is 349 g/mol. The maximum Gasteiger partial charge on any atom is 0.153 e. The maximum absolute atomic E-state index is 8.94. The maximum atomic E-state index is 8.94. The minimum Gasteiger partial charge on any atom is -0.355 e. The number of anilines is 2. The van der Waals surface area contributed by atoms with Crippen LogP contribution in [-0.4, -0.2) is 10.2 Å². The van der Waals surface area contributed by atoms with Crippen molar-refractivity contribution in [3.8, 4) is 6.07 Å². The van der Waals surface area contributed by atoms with E-state index in [2.05, 4.69) is 63.2 Å². The molecule has 0 saturated carbocycles. The van der Waals surface area contributed by atoms with E-state index in [-0.39, 0.29) is 4.17 Å². The van der Waals surface area contributed by atoms with E-state index in [1.165, 1.54) is 5.69 Å². The topological polar surface area (TPSA) is 39.1 Å². The van der Waals surface area contributed by atoms with Crippen LogP contribution in [0.1, 0.15) is 12.0 Å². The van der Waals surface area contributed by atoms with Gasteiger partial charge in [-0.3, -0.25) is 0 Å². The number of hydrogen-bond acceptors (Lipinski definition) is 3. The summed E-state index contributed by atoms with van der Waals surface area (Å²) in [6.45, 7) is 0. The van der Waals surface area contributed by atoms with Gasteiger partial charge in [-0.05, 0) is 47.2 Å². The van der Waals surface area contributed by atoms with Gasteiger partial charge in [0.05, 0.1) is 29.0 Å². The number of fused-ring (bicyclic) bond motifs is 1. The molecule has 90 valence electrons. The predicted molar refractivity (Wildman–Crippen MR) is 81.8 cm³/mol. The molecule has 0 fully saturated rings. The third-order valence-electron chi connectivity index (χ3n) is 3.24. The summed E-state index contributed by atoms with van der Waals surface area (Å²) in [6.07, 6.45) is 9.62. The van der Waals surface area contributed by atoms with Crippen molar-refractivity contribution >= 4 is 34.0 Å². The molecular weight excluding hydrogens is 337 g/mol. The van der Waals surface area contributed by atoms with E-state index in [1.54, 1.807) is 0 Å². The molecule has 1 aliphatic heterocycles. The molecule has 1 aliphatic carbocycles. The van der Waals surface area contributed by atoms with Gasteiger partial charge in [-0.15, -0.1) is 0 Å². The summed E-state index contributed by atoms with van der Waals surface area (Å²) in [5.41, 5.74) is 2.93. The number of rotatable bonds is 1. The van der Waals surface area contributed by atoms with Crippen LogP contribution < -0.4 is 10.2 Å². The average molecular weight is 349 g/mol. The van der Waals surface area contributed by atoms with Gasteiger partial charge >= 0.3 is 0 Å². The SMILES string of the molecule is N#Cc1ccc2c(c1)NC(I)N2C1C=CC=CC1. The Labute approximate surface area is 120 Å². The summed E-state index contributed by atoms with van der Waals surface area (Å²) >= 11 is 2.39. The third kappa shape index (κ3) is 1.89. The van der Waals surface area contributed by atoms with Crippen molar-refractivity contribution in [2.75, 3.05) is 10.2 Å². The minimum atomic E-state index is 0.229. The van der Waals surface area contributed by atoms with Crippen LogP contribution in [0.15, 0.2) is 42.5 Å². The summed E-state index contributed by atoms with van der Waals surface area (Å²) in [5.74, 6) is 0. The Balaban J connectivity index is 1.97. The van der Waals surface area contributed by atoms with Crippen LogP contribution in [0.2, 0.25) is 0 Å². The number of hydrogen-bond donors (Lipinski definition) is 1. The van der Waals surface area contributed by atoms with Crippen LogP contribution >= 0.6 is 22.6 Å². The summed E-state index contributed by atoms with van der Waals surface area (Å²) in [7, 11) is 0. The Kier molecular flexibility index (Phi) is 3.00. The Morgan fingerprint density at radius 1 is 1.39 bits per heavy atom. The molecule has 0 amide bonds. The molecular formula is C14H12IN3. The van der Waals surface area contributed by atoms with Gasteiger partial charge in [0.1, 0.15) is 0 Å². The highest BCUT2D eigenvalue weighted by Crippen LogP contribution is 2.39. The second-order valence-corrected chi connectivity index (χ2v) is 5.53. The summed E-state index contributed by atoms with van der Waals surface area (Å²) < 4.78 is 0.229. The highest BCUT2D eigenvalue weighted by molar-refractivity contribution is 14.1. The molecule has 2 atom stereocenters. The minimum absolute atomic E-state index is 0.229. The van der Waals surface area contributed by atoms with Crippen LogP contribution in [0.4, 0.5) is 11.4 Å². The van der Waals surface area contributed by atoms with Crippen molar-refractivity contribution in [3.63, 3.8) is 0 Å². The van der Waals surface area contributed by atoms with Gasteiger partial charge in [-0.25, -0.2) is 0 Å². The number of nitrogens with zero attached hydrogens (tertiary/aromatic N) is 2. The van der Waals surface area contributed by atoms with Crippen LogP contribution in [0.5, 0.6) is 0 Å². The van der Waals surface area contributed by atoms with E-state index < -0.39 is 0 Å². The Morgan fingerprint density at radius 2 is 2.28 bits per heavy atom. The molecule has 1 aromatic carbocycles. The Morgan fingerprint density at radius 3 is 3.00 bits per heavy atom. The molecule has 3 rings (SSSR count). The van der Waals surface area contributed by atoms with Crippen molar-refractivity contribution in [1.29, 1.82) is 5.26 Å². The molecule has 1 heterocycles. The van der Waals surface area contributed by atoms with Crippen LogP contribution in [0, 0.1) is 11.3 Å². The molecule has 3 nitrogen and oxygen atoms in total. The summed E-state index contributed by atoms with van der Waals surface area (Å²) in [4.78, 5) is 2.36. The standard InChI is InChI=1S/C14H12IN3/c15-14-17-12-8-10(9-16)6-7-13(12)18(14)11-4-2-1-3-5-11/h1-4,6-8,11,14,17H,5H2. The summed E-state index contributed by atoms with van der Waals surface area (Å²) in [5, 5.41) is 12.4. The van der Waals surface area contributed by atoms with E-state index in [0.29, 0.717) is 11.6 Å². The first-order valence-electron chi connectivity index (χ1n) is 5.86. The molecule has 18 heavy (non-hydrogen) atoms. The van der Waals surface area contributed by atoms with Crippen LogP contribution in [0.25, 0.3) is 0 Å². The van der Waals surface area contributed by atoms with Crippen molar-refractivity contribution in [3.05, 3.63) is 48.1 Å². The zero-order valence-electron chi connectivity index (χ0n) is 9.68. The highest BCUT2D eigenvalue weighted by Gasteiger charge is 2.31. The summed E-state index contributed by atoms with van der Waals surface area (Å²) in [6, 6.07) is 8.40. The molecule has 2 unspecified atom stereocenters. The fourth-order valence-corrected chi connectivity index (χ4v) is 3.44. The van der Waals surface area contributed by atoms with Gasteiger partial charge in [0, 0.05) is 0 Å². The zero-order chi connectivity index (χ0) is 12.5. The lowest BCUT2D eigenvalue weighted by molar-refractivity contribution is 0.717. The first-order chi connectivity index (χ1) is 8.79. The number of allylic oxidation sites excluding steroid dienone is 2. The predicted octanol–water partition coefficient (Wildman–Crippen LogP) is 3.39. The van der Waals surface area contributed by atoms with E-state index in [0.717, 1.165) is 12.1 Å². The first kappa shape index (κ1) is 11.6. The third-order valence-corrected chi connectivity index (χ3v) is 4.15. The van der Waals surface area contributed by atoms with Gasteiger partial charge in [-0.2, -0.15) is 5.26 Å². The molecule has 0 radical (unpaired) electrons.